The highest BCUT2D eigenvalue weighted by Gasteiger charge is 1.98. The maximum Gasteiger partial charge on any atom is -0.00489 e. The third kappa shape index (κ3) is 46.0. The second-order valence-corrected chi connectivity index (χ2v) is 15.9. The van der Waals surface area contributed by atoms with Crippen LogP contribution < -0.4 is 5.32 Å². The minimum absolute atomic E-state index is 1.25. The minimum atomic E-state index is 1.25. The maximum absolute atomic E-state index is 3.71. The van der Waals surface area contributed by atoms with Crippen LogP contribution in [0.1, 0.15) is 284 Å². The zero-order valence-corrected chi connectivity index (χ0v) is 33.6. The maximum atomic E-state index is 3.71. The summed E-state index contributed by atoms with van der Waals surface area (Å²) < 4.78 is 0. The van der Waals surface area contributed by atoms with E-state index in [9.17, 15) is 0 Å². The van der Waals surface area contributed by atoms with Crippen molar-refractivity contribution in [1.82, 2.24) is 5.32 Å². The average molecular weight is 662 g/mol. The molecule has 0 fully saturated rings. The van der Waals surface area contributed by atoms with Gasteiger partial charge in [-0.05, 0) is 25.9 Å². The molecule has 0 aromatic carbocycles. The summed E-state index contributed by atoms with van der Waals surface area (Å²) in [6, 6.07) is 0. The topological polar surface area (TPSA) is 12.0 Å². The van der Waals surface area contributed by atoms with E-state index in [2.05, 4.69) is 19.2 Å². The molecule has 0 saturated heterocycles. The van der Waals surface area contributed by atoms with Crippen molar-refractivity contribution < 1.29 is 0 Å². The predicted molar refractivity (Wildman–Crippen MR) is 218 cm³/mol. The molecular weight excluding hydrogens is 567 g/mol. The van der Waals surface area contributed by atoms with Gasteiger partial charge in [0.15, 0.2) is 0 Å². The molecule has 1 nitrogen and oxygen atoms in total. The zero-order valence-electron chi connectivity index (χ0n) is 33.6. The number of unbranched alkanes of at least 4 members (excludes halogenated alkanes) is 40. The van der Waals surface area contributed by atoms with Crippen LogP contribution in [0.15, 0.2) is 0 Å². The van der Waals surface area contributed by atoms with Crippen LogP contribution in [-0.2, 0) is 0 Å². The lowest BCUT2D eigenvalue weighted by Crippen LogP contribution is -2.16. The van der Waals surface area contributed by atoms with Crippen molar-refractivity contribution in [3.8, 4) is 0 Å². The first-order chi connectivity index (χ1) is 23.4. The fourth-order valence-corrected chi connectivity index (χ4v) is 7.49. The van der Waals surface area contributed by atoms with Gasteiger partial charge in [0.1, 0.15) is 0 Å². The Hall–Kier alpha value is -0.0400. The lowest BCUT2D eigenvalue weighted by molar-refractivity contribution is 0.512. The van der Waals surface area contributed by atoms with E-state index in [0.29, 0.717) is 0 Å². The number of hydrogen-bond donors (Lipinski definition) is 1. The summed E-state index contributed by atoms with van der Waals surface area (Å²) in [5.41, 5.74) is 0. The van der Waals surface area contributed by atoms with Gasteiger partial charge in [-0.15, -0.1) is 0 Å². The van der Waals surface area contributed by atoms with Crippen LogP contribution in [0.3, 0.4) is 0 Å². The Balaban J connectivity index is 3.03. The van der Waals surface area contributed by atoms with Gasteiger partial charge >= 0.3 is 0 Å². The molecule has 0 aliphatic heterocycles. The van der Waals surface area contributed by atoms with Crippen LogP contribution in [0.5, 0.6) is 0 Å². The molecule has 0 bridgehead atoms. The fourth-order valence-electron chi connectivity index (χ4n) is 7.49. The van der Waals surface area contributed by atoms with Gasteiger partial charge in [-0.3, -0.25) is 0 Å². The zero-order chi connectivity index (χ0) is 33.8. The molecule has 284 valence electrons. The van der Waals surface area contributed by atoms with Crippen LogP contribution in [-0.4, -0.2) is 13.1 Å². The van der Waals surface area contributed by atoms with Gasteiger partial charge in [0, 0.05) is 0 Å². The Labute approximate surface area is 301 Å². The molecule has 0 rings (SSSR count). The van der Waals surface area contributed by atoms with Crippen LogP contribution >= 0.6 is 0 Å². The third-order valence-corrected chi connectivity index (χ3v) is 10.9. The molecule has 0 aromatic rings. The number of nitrogens with one attached hydrogen (secondary N) is 1. The van der Waals surface area contributed by atoms with E-state index in [1.54, 1.807) is 0 Å². The first kappa shape index (κ1) is 47.0. The minimum Gasteiger partial charge on any atom is -0.317 e. The summed E-state index contributed by atoms with van der Waals surface area (Å²) >= 11 is 0. The summed E-state index contributed by atoms with van der Waals surface area (Å²) in [5, 5.41) is 3.71. The monoisotopic (exact) mass is 662 g/mol. The molecule has 0 unspecified atom stereocenters. The first-order valence-electron chi connectivity index (χ1n) is 23.1. The Morgan fingerprint density at radius 3 is 0.447 bits per heavy atom. The first-order valence-corrected chi connectivity index (χ1v) is 23.1. The average Bonchev–Trinajstić information content (AvgIpc) is 3.08. The molecule has 0 amide bonds. The van der Waals surface area contributed by atoms with Crippen LogP contribution in [0.4, 0.5) is 0 Å². The van der Waals surface area contributed by atoms with Crippen LogP contribution in [0, 0.1) is 0 Å². The molecule has 0 spiro atoms. The van der Waals surface area contributed by atoms with E-state index < -0.39 is 0 Å². The van der Waals surface area contributed by atoms with Gasteiger partial charge in [0.05, 0.1) is 0 Å². The van der Waals surface area contributed by atoms with Crippen molar-refractivity contribution in [3.05, 3.63) is 0 Å². The number of rotatable bonds is 44. The molecule has 0 aromatic heterocycles. The molecule has 1 heteroatoms. The Morgan fingerprint density at radius 2 is 0.298 bits per heavy atom. The molecular formula is C46H95N. The Bertz CT molecular complexity index is 457. The summed E-state index contributed by atoms with van der Waals surface area (Å²) in [6.45, 7) is 7.12. The van der Waals surface area contributed by atoms with Gasteiger partial charge in [0.2, 0.25) is 0 Å². The van der Waals surface area contributed by atoms with Gasteiger partial charge in [0.25, 0.3) is 0 Å². The van der Waals surface area contributed by atoms with Crippen molar-refractivity contribution in [2.75, 3.05) is 13.1 Å². The van der Waals surface area contributed by atoms with Crippen molar-refractivity contribution >= 4 is 0 Å². The smallest absolute Gasteiger partial charge is 0.00489 e. The molecule has 47 heavy (non-hydrogen) atoms. The van der Waals surface area contributed by atoms with E-state index in [0.717, 1.165) is 0 Å². The van der Waals surface area contributed by atoms with E-state index in [4.69, 9.17) is 0 Å². The second-order valence-electron chi connectivity index (χ2n) is 15.9. The molecule has 0 radical (unpaired) electrons. The van der Waals surface area contributed by atoms with Crippen molar-refractivity contribution in [3.63, 3.8) is 0 Å². The Morgan fingerprint density at radius 1 is 0.170 bits per heavy atom. The molecule has 0 aliphatic rings. The van der Waals surface area contributed by atoms with Crippen molar-refractivity contribution in [2.45, 2.75) is 284 Å². The second kappa shape index (κ2) is 46.0. The predicted octanol–water partition coefficient (Wildman–Crippen LogP) is 17.0. The largest absolute Gasteiger partial charge is 0.317 e. The van der Waals surface area contributed by atoms with Gasteiger partial charge in [-0.1, -0.05) is 271 Å². The molecule has 0 atom stereocenters. The SMILES string of the molecule is CCCCCCCCCCCCCCCCCCCCCCCCNCCCCCCCCCCCCCCCCCCCCCC. The summed E-state index contributed by atoms with van der Waals surface area (Å²) in [4.78, 5) is 0. The van der Waals surface area contributed by atoms with E-state index >= 15 is 0 Å². The normalized spacial score (nSPS) is 11.6. The Kier molecular flexibility index (Phi) is 45.9. The van der Waals surface area contributed by atoms with Crippen LogP contribution in [0.2, 0.25) is 0 Å². The molecule has 1 N–H and O–H groups in total. The summed E-state index contributed by atoms with van der Waals surface area (Å²) in [6.07, 6.45) is 61.7. The van der Waals surface area contributed by atoms with Crippen molar-refractivity contribution in [2.24, 2.45) is 0 Å². The highest BCUT2D eigenvalue weighted by molar-refractivity contribution is 4.55. The third-order valence-electron chi connectivity index (χ3n) is 10.9. The summed E-state index contributed by atoms with van der Waals surface area (Å²) in [5.74, 6) is 0. The fraction of sp³-hybridized carbons (Fsp3) is 1.00. The summed E-state index contributed by atoms with van der Waals surface area (Å²) in [7, 11) is 0. The van der Waals surface area contributed by atoms with E-state index in [-0.39, 0.29) is 0 Å². The van der Waals surface area contributed by atoms with E-state index in [1.807, 2.05) is 0 Å². The van der Waals surface area contributed by atoms with Gasteiger partial charge in [-0.2, -0.15) is 0 Å². The van der Waals surface area contributed by atoms with E-state index in [1.165, 1.54) is 283 Å². The number of hydrogen-bond acceptors (Lipinski definition) is 1. The highest BCUT2D eigenvalue weighted by Crippen LogP contribution is 2.17. The molecule has 0 saturated carbocycles. The van der Waals surface area contributed by atoms with Gasteiger partial charge < -0.3 is 5.32 Å². The lowest BCUT2D eigenvalue weighted by atomic mass is 10.0. The molecule has 0 aliphatic carbocycles. The van der Waals surface area contributed by atoms with Gasteiger partial charge in [-0.25, -0.2) is 0 Å². The van der Waals surface area contributed by atoms with Crippen LogP contribution in [0.25, 0.3) is 0 Å². The standard InChI is InChI=1S/C46H95N/c1-3-5-7-9-11-13-15-17-19-21-23-25-26-28-30-32-34-36-38-40-42-44-46-47-45-43-41-39-37-35-33-31-29-27-24-22-20-18-16-14-12-10-8-6-4-2/h47H,3-46H2,1-2H3. The lowest BCUT2D eigenvalue weighted by Gasteiger charge is -2.06. The highest BCUT2D eigenvalue weighted by atomic mass is 14.8. The quantitative estimate of drug-likeness (QED) is 0.0641. The molecule has 0 heterocycles. The van der Waals surface area contributed by atoms with Crippen molar-refractivity contribution in [1.29, 1.82) is 0 Å².